The zero-order valence-electron chi connectivity index (χ0n) is 11.9. The minimum Gasteiger partial charge on any atom is -0.356 e. The lowest BCUT2D eigenvalue weighted by atomic mass is 10.1. The molecule has 1 fully saturated rings. The number of thioether (sulfide) groups is 1. The van der Waals surface area contributed by atoms with Gasteiger partial charge in [0.15, 0.2) is 0 Å². The Kier molecular flexibility index (Phi) is 4.52. The second-order valence-electron chi connectivity index (χ2n) is 5.37. The Morgan fingerprint density at radius 1 is 1.42 bits per heavy atom. The lowest BCUT2D eigenvalue weighted by Gasteiger charge is -2.24. The predicted octanol–water partition coefficient (Wildman–Crippen LogP) is 2.05. The largest absolute Gasteiger partial charge is 0.356 e. The molecule has 0 spiro atoms. The molecular formula is C13H23N5S. The molecule has 2 heterocycles. The number of anilines is 2. The lowest BCUT2D eigenvalue weighted by molar-refractivity contribution is 0.634. The van der Waals surface area contributed by atoms with Crippen molar-refractivity contribution in [3.05, 3.63) is 11.9 Å². The van der Waals surface area contributed by atoms with E-state index in [1.807, 2.05) is 17.8 Å². The molecule has 3 N–H and O–H groups in total. The maximum atomic E-state index is 5.48. The van der Waals surface area contributed by atoms with Crippen LogP contribution in [0, 0.1) is 0 Å². The number of nitrogens with zero attached hydrogens (tertiary/aromatic N) is 3. The molecule has 0 aromatic carbocycles. The van der Waals surface area contributed by atoms with Crippen molar-refractivity contribution in [3.8, 4) is 0 Å². The summed E-state index contributed by atoms with van der Waals surface area (Å²) >= 11 is 2.03. The van der Waals surface area contributed by atoms with Gasteiger partial charge in [0, 0.05) is 36.1 Å². The summed E-state index contributed by atoms with van der Waals surface area (Å²) in [6.07, 6.45) is 1.98. The Morgan fingerprint density at radius 2 is 2.21 bits per heavy atom. The van der Waals surface area contributed by atoms with Crippen LogP contribution >= 0.6 is 11.8 Å². The number of rotatable bonds is 3. The highest BCUT2D eigenvalue weighted by Crippen LogP contribution is 2.32. The fourth-order valence-electron chi connectivity index (χ4n) is 2.13. The fourth-order valence-corrected chi connectivity index (χ4v) is 3.23. The first-order chi connectivity index (χ1) is 9.04. The molecule has 1 aliphatic rings. The smallest absolute Gasteiger partial charge is 0.145 e. The van der Waals surface area contributed by atoms with Gasteiger partial charge in [0.05, 0.1) is 0 Å². The van der Waals surface area contributed by atoms with Crippen molar-refractivity contribution in [1.82, 2.24) is 9.97 Å². The van der Waals surface area contributed by atoms with Crippen molar-refractivity contribution in [2.24, 2.45) is 5.84 Å². The van der Waals surface area contributed by atoms with Gasteiger partial charge in [-0.1, -0.05) is 20.8 Å². The van der Waals surface area contributed by atoms with Gasteiger partial charge in [-0.2, -0.15) is 11.8 Å². The minimum absolute atomic E-state index is 0.352. The summed E-state index contributed by atoms with van der Waals surface area (Å²) in [4.78, 5) is 11.3. The second-order valence-corrected chi connectivity index (χ2v) is 7.17. The Bertz CT molecular complexity index is 413. The monoisotopic (exact) mass is 281 g/mol. The van der Waals surface area contributed by atoms with Crippen LogP contribution in [0.3, 0.4) is 0 Å². The Hall–Kier alpha value is -1.01. The van der Waals surface area contributed by atoms with Gasteiger partial charge in [-0.15, -0.1) is 0 Å². The molecule has 106 valence electrons. The van der Waals surface area contributed by atoms with Crippen LogP contribution < -0.4 is 16.2 Å². The standard InChI is InChI=1S/C13H23N5S/c1-4-10-15-11(17-14)9-12(16-10)18-6-5-13(2,3)19-8-7-18/h9H,4-8,14H2,1-3H3,(H,15,16,17). The van der Waals surface area contributed by atoms with Crippen molar-refractivity contribution in [1.29, 1.82) is 0 Å². The summed E-state index contributed by atoms with van der Waals surface area (Å²) < 4.78 is 0.352. The number of nitrogens with two attached hydrogens (primary N) is 1. The van der Waals surface area contributed by atoms with Crippen LogP contribution in [0.5, 0.6) is 0 Å². The van der Waals surface area contributed by atoms with Gasteiger partial charge in [-0.25, -0.2) is 15.8 Å². The second kappa shape index (κ2) is 5.96. The maximum Gasteiger partial charge on any atom is 0.145 e. The van der Waals surface area contributed by atoms with Gasteiger partial charge in [0.1, 0.15) is 17.5 Å². The highest BCUT2D eigenvalue weighted by Gasteiger charge is 2.24. The summed E-state index contributed by atoms with van der Waals surface area (Å²) in [5.41, 5.74) is 2.63. The van der Waals surface area contributed by atoms with Crippen molar-refractivity contribution < 1.29 is 0 Å². The van der Waals surface area contributed by atoms with E-state index in [-0.39, 0.29) is 0 Å². The third-order valence-corrected chi connectivity index (χ3v) is 4.76. The highest BCUT2D eigenvalue weighted by molar-refractivity contribution is 8.00. The molecule has 0 unspecified atom stereocenters. The van der Waals surface area contributed by atoms with Gasteiger partial charge in [0.2, 0.25) is 0 Å². The molecule has 19 heavy (non-hydrogen) atoms. The normalized spacial score (nSPS) is 19.1. The molecular weight excluding hydrogens is 258 g/mol. The van der Waals surface area contributed by atoms with E-state index < -0.39 is 0 Å². The number of nitrogen functional groups attached to an aromatic ring is 1. The summed E-state index contributed by atoms with van der Waals surface area (Å²) in [7, 11) is 0. The summed E-state index contributed by atoms with van der Waals surface area (Å²) in [6, 6.07) is 1.93. The molecule has 5 nitrogen and oxygen atoms in total. The molecule has 1 saturated heterocycles. The number of hydrogen-bond donors (Lipinski definition) is 2. The predicted molar refractivity (Wildman–Crippen MR) is 82.6 cm³/mol. The zero-order chi connectivity index (χ0) is 13.9. The van der Waals surface area contributed by atoms with E-state index in [0.717, 1.165) is 43.3 Å². The molecule has 0 bridgehead atoms. The van der Waals surface area contributed by atoms with E-state index >= 15 is 0 Å². The molecule has 6 heteroatoms. The van der Waals surface area contributed by atoms with Crippen LogP contribution in [0.1, 0.15) is 33.0 Å². The highest BCUT2D eigenvalue weighted by atomic mass is 32.2. The number of aromatic nitrogens is 2. The molecule has 1 aromatic heterocycles. The quantitative estimate of drug-likeness (QED) is 0.653. The van der Waals surface area contributed by atoms with E-state index in [1.54, 1.807) is 0 Å². The maximum absolute atomic E-state index is 5.48. The van der Waals surface area contributed by atoms with Gasteiger partial charge < -0.3 is 10.3 Å². The summed E-state index contributed by atoms with van der Waals surface area (Å²) in [6.45, 7) is 8.74. The van der Waals surface area contributed by atoms with Crippen LogP contribution in [-0.2, 0) is 6.42 Å². The first-order valence-electron chi connectivity index (χ1n) is 6.77. The SMILES string of the molecule is CCc1nc(NN)cc(N2CCSC(C)(C)CC2)n1. The van der Waals surface area contributed by atoms with E-state index in [1.165, 1.54) is 0 Å². The Balaban J connectivity index is 2.21. The summed E-state index contributed by atoms with van der Waals surface area (Å²) in [5, 5.41) is 0. The van der Waals surface area contributed by atoms with Gasteiger partial charge >= 0.3 is 0 Å². The van der Waals surface area contributed by atoms with Crippen LogP contribution in [0.2, 0.25) is 0 Å². The van der Waals surface area contributed by atoms with Gasteiger partial charge in [-0.3, -0.25) is 0 Å². The zero-order valence-corrected chi connectivity index (χ0v) is 12.8. The van der Waals surface area contributed by atoms with Crippen LogP contribution in [-0.4, -0.2) is 33.6 Å². The first kappa shape index (κ1) is 14.4. The molecule has 1 aromatic rings. The molecule has 0 radical (unpaired) electrons. The average molecular weight is 281 g/mol. The number of hydrazine groups is 1. The topological polar surface area (TPSA) is 67.1 Å². The molecule has 0 saturated carbocycles. The van der Waals surface area contributed by atoms with E-state index in [9.17, 15) is 0 Å². The molecule has 0 amide bonds. The Labute approximate surface area is 119 Å². The molecule has 0 aliphatic carbocycles. The minimum atomic E-state index is 0.352. The van der Waals surface area contributed by atoms with E-state index in [2.05, 4.69) is 41.1 Å². The van der Waals surface area contributed by atoms with Crippen molar-refractivity contribution >= 4 is 23.4 Å². The first-order valence-corrected chi connectivity index (χ1v) is 7.76. The van der Waals surface area contributed by atoms with E-state index in [0.29, 0.717) is 10.6 Å². The van der Waals surface area contributed by atoms with Gasteiger partial charge in [-0.05, 0) is 6.42 Å². The molecule has 2 rings (SSSR count). The van der Waals surface area contributed by atoms with Crippen molar-refractivity contribution in [2.75, 3.05) is 29.2 Å². The fraction of sp³-hybridized carbons (Fsp3) is 0.692. The molecule has 1 aliphatic heterocycles. The van der Waals surface area contributed by atoms with Crippen LogP contribution in [0.4, 0.5) is 11.6 Å². The number of nitrogens with one attached hydrogen (secondary N) is 1. The lowest BCUT2D eigenvalue weighted by Crippen LogP contribution is -2.28. The van der Waals surface area contributed by atoms with Crippen LogP contribution in [0.15, 0.2) is 6.07 Å². The van der Waals surface area contributed by atoms with Crippen molar-refractivity contribution in [3.63, 3.8) is 0 Å². The van der Waals surface area contributed by atoms with Gasteiger partial charge in [0.25, 0.3) is 0 Å². The number of hydrogen-bond acceptors (Lipinski definition) is 6. The third-order valence-electron chi connectivity index (χ3n) is 3.38. The van der Waals surface area contributed by atoms with Crippen molar-refractivity contribution in [2.45, 2.75) is 38.4 Å². The number of aryl methyl sites for hydroxylation is 1. The van der Waals surface area contributed by atoms with Crippen LogP contribution in [0.25, 0.3) is 0 Å². The van der Waals surface area contributed by atoms with E-state index in [4.69, 9.17) is 5.84 Å². The Morgan fingerprint density at radius 3 is 2.89 bits per heavy atom. The summed E-state index contributed by atoms with van der Waals surface area (Å²) in [5.74, 6) is 9.12. The molecule has 0 atom stereocenters. The third kappa shape index (κ3) is 3.73. The average Bonchev–Trinajstić information content (AvgIpc) is 2.59.